The van der Waals surface area contributed by atoms with Gasteiger partial charge in [0.2, 0.25) is 0 Å². The number of hydrogen-bond acceptors (Lipinski definition) is 4. The van der Waals surface area contributed by atoms with Crippen LogP contribution in [0.4, 0.5) is 13.2 Å². The molecule has 1 aliphatic carbocycles. The van der Waals surface area contributed by atoms with E-state index in [1.165, 1.54) is 25.3 Å². The van der Waals surface area contributed by atoms with E-state index < -0.39 is 23.7 Å². The van der Waals surface area contributed by atoms with E-state index >= 15 is 0 Å². The molecule has 0 spiro atoms. The van der Waals surface area contributed by atoms with E-state index in [2.05, 4.69) is 4.99 Å². The van der Waals surface area contributed by atoms with Gasteiger partial charge in [-0.05, 0) is 41.0 Å². The number of alkyl halides is 3. The van der Waals surface area contributed by atoms with Gasteiger partial charge in [-0.15, -0.1) is 0 Å². The lowest BCUT2D eigenvalue weighted by Gasteiger charge is -2.49. The van der Waals surface area contributed by atoms with Crippen LogP contribution in [0.15, 0.2) is 71.8 Å². The van der Waals surface area contributed by atoms with Crippen LogP contribution in [0.2, 0.25) is 0 Å². The van der Waals surface area contributed by atoms with Crippen LogP contribution in [0, 0.1) is 11.3 Å². The molecule has 0 fully saturated rings. The predicted octanol–water partition coefficient (Wildman–Crippen LogP) is 4.55. The zero-order chi connectivity index (χ0) is 22.3. The summed E-state index contributed by atoms with van der Waals surface area (Å²) in [6.45, 7) is 0. The van der Waals surface area contributed by atoms with Crippen molar-refractivity contribution in [3.8, 4) is 6.07 Å². The molecule has 0 aromatic heterocycles. The lowest BCUT2D eigenvalue weighted by Crippen LogP contribution is -2.65. The fourth-order valence-corrected chi connectivity index (χ4v) is 4.45. The fourth-order valence-electron chi connectivity index (χ4n) is 4.45. The van der Waals surface area contributed by atoms with E-state index in [9.17, 15) is 18.4 Å². The van der Waals surface area contributed by atoms with Crippen molar-refractivity contribution in [3.05, 3.63) is 89.0 Å². The number of fused-ring (bicyclic) bond motifs is 1. The van der Waals surface area contributed by atoms with Crippen molar-refractivity contribution >= 4 is 11.4 Å². The summed E-state index contributed by atoms with van der Waals surface area (Å²) in [7, 11) is 1.26. The number of rotatable bonds is 3. The largest absolute Gasteiger partial charge is 0.417 e. The summed E-state index contributed by atoms with van der Waals surface area (Å²) >= 11 is 0. The maximum atomic E-state index is 14.8. The molecule has 1 heterocycles. The summed E-state index contributed by atoms with van der Waals surface area (Å²) < 4.78 is 50.1. The van der Waals surface area contributed by atoms with Gasteiger partial charge in [-0.25, -0.2) is 4.99 Å². The molecule has 2 aromatic carbocycles. The first-order valence-corrected chi connectivity index (χ1v) is 9.70. The molecule has 158 valence electrons. The van der Waals surface area contributed by atoms with Crippen LogP contribution in [0.1, 0.15) is 28.7 Å². The second-order valence-corrected chi connectivity index (χ2v) is 7.70. The summed E-state index contributed by atoms with van der Waals surface area (Å²) in [5, 5.41) is 9.22. The smallest absolute Gasteiger partial charge is 0.383 e. The monoisotopic (exact) mass is 423 g/mol. The summed E-state index contributed by atoms with van der Waals surface area (Å²) in [6, 6.07) is 15.7. The molecule has 2 aromatic rings. The molecule has 4 nitrogen and oxygen atoms in total. The molecule has 2 atom stereocenters. The van der Waals surface area contributed by atoms with E-state index in [0.717, 1.165) is 5.56 Å². The normalized spacial score (nSPS) is 25.3. The molecule has 0 amide bonds. The summed E-state index contributed by atoms with van der Waals surface area (Å²) in [6.07, 6.45) is -0.500. The van der Waals surface area contributed by atoms with Crippen molar-refractivity contribution in [1.29, 1.82) is 5.26 Å². The number of hydrogen-bond donors (Lipinski definition) is 1. The van der Waals surface area contributed by atoms with Gasteiger partial charge in [-0.3, -0.25) is 0 Å². The molecule has 2 unspecified atom stereocenters. The second-order valence-electron chi connectivity index (χ2n) is 7.70. The first-order chi connectivity index (χ1) is 14.8. The quantitative estimate of drug-likeness (QED) is 0.787. The lowest BCUT2D eigenvalue weighted by molar-refractivity contribution is -0.233. The summed E-state index contributed by atoms with van der Waals surface area (Å²) in [5.41, 5.74) is 4.10. The number of nitrogens with zero attached hydrogens (tertiary/aromatic N) is 2. The van der Waals surface area contributed by atoms with Crippen LogP contribution in [0.3, 0.4) is 0 Å². The minimum absolute atomic E-state index is 0.0341. The Hall–Kier alpha value is -3.37. The lowest BCUT2D eigenvalue weighted by atomic mass is 9.67. The van der Waals surface area contributed by atoms with E-state index in [0.29, 0.717) is 16.7 Å². The first-order valence-electron chi connectivity index (χ1n) is 9.70. The summed E-state index contributed by atoms with van der Waals surface area (Å²) in [4.78, 5) is 4.06. The molecule has 1 aliphatic heterocycles. The highest BCUT2D eigenvalue weighted by Crippen LogP contribution is 2.52. The average molecular weight is 423 g/mol. The van der Waals surface area contributed by atoms with Crippen LogP contribution in [-0.4, -0.2) is 30.3 Å². The zero-order valence-electron chi connectivity index (χ0n) is 16.8. The van der Waals surface area contributed by atoms with Gasteiger partial charge in [0.25, 0.3) is 0 Å². The Morgan fingerprint density at radius 3 is 2.52 bits per heavy atom. The number of ether oxygens (including phenoxy) is 1. The maximum Gasteiger partial charge on any atom is 0.417 e. The van der Waals surface area contributed by atoms with Gasteiger partial charge in [0.1, 0.15) is 11.4 Å². The maximum absolute atomic E-state index is 14.8. The van der Waals surface area contributed by atoms with Crippen LogP contribution in [0.5, 0.6) is 0 Å². The number of benzene rings is 2. The second kappa shape index (κ2) is 7.40. The molecular formula is C24H20F3N3O. The van der Waals surface area contributed by atoms with Crippen LogP contribution >= 0.6 is 0 Å². The van der Waals surface area contributed by atoms with Crippen LogP contribution < -0.4 is 5.73 Å². The third-order valence-corrected chi connectivity index (χ3v) is 6.06. The average Bonchev–Trinajstić information content (AvgIpc) is 2.78. The Labute approximate surface area is 178 Å². The minimum Gasteiger partial charge on any atom is -0.383 e. The highest BCUT2D eigenvalue weighted by atomic mass is 19.4. The number of methoxy groups -OCH3 is 1. The molecule has 31 heavy (non-hydrogen) atoms. The molecule has 0 saturated heterocycles. The van der Waals surface area contributed by atoms with Gasteiger partial charge in [0.15, 0.2) is 5.54 Å². The van der Waals surface area contributed by atoms with E-state index in [1.54, 1.807) is 18.2 Å². The van der Waals surface area contributed by atoms with Crippen molar-refractivity contribution in [2.45, 2.75) is 30.2 Å². The molecule has 0 radical (unpaired) electrons. The van der Waals surface area contributed by atoms with E-state index in [1.807, 2.05) is 36.4 Å². The van der Waals surface area contributed by atoms with Crippen molar-refractivity contribution in [2.24, 2.45) is 10.7 Å². The summed E-state index contributed by atoms with van der Waals surface area (Å²) in [5.74, 6) is -0.219. The van der Waals surface area contributed by atoms with Crippen molar-refractivity contribution in [3.63, 3.8) is 0 Å². The Kier molecular flexibility index (Phi) is 4.98. The number of allylic oxidation sites excluding steroid dienone is 2. The number of amidine groups is 1. The predicted molar refractivity (Wildman–Crippen MR) is 112 cm³/mol. The Balaban J connectivity index is 1.89. The van der Waals surface area contributed by atoms with Gasteiger partial charge in [-0.2, -0.15) is 18.4 Å². The van der Waals surface area contributed by atoms with Crippen LogP contribution in [0.25, 0.3) is 5.57 Å². The first kappa shape index (κ1) is 20.9. The van der Waals surface area contributed by atoms with E-state index in [4.69, 9.17) is 10.5 Å². The molecule has 7 heteroatoms. The number of halogens is 3. The highest BCUT2D eigenvalue weighted by molar-refractivity contribution is 6.00. The topological polar surface area (TPSA) is 71.4 Å². The van der Waals surface area contributed by atoms with Gasteiger partial charge >= 0.3 is 6.18 Å². The fraction of sp³-hybridized carbons (Fsp3) is 0.250. The van der Waals surface area contributed by atoms with Crippen molar-refractivity contribution in [1.82, 2.24) is 0 Å². The molecule has 0 saturated carbocycles. The third kappa shape index (κ3) is 3.24. The number of nitriles is 1. The SMILES string of the molecule is COC1(C2(C(F)(F)F)Cc3cc(C#N)ccc3C(N)=N2)C=CC=C(c2ccccc2)C1. The van der Waals surface area contributed by atoms with Crippen LogP contribution in [-0.2, 0) is 11.2 Å². The Morgan fingerprint density at radius 2 is 1.87 bits per heavy atom. The van der Waals surface area contributed by atoms with Gasteiger partial charge in [0, 0.05) is 25.5 Å². The highest BCUT2D eigenvalue weighted by Gasteiger charge is 2.68. The Bertz CT molecular complexity index is 1140. The molecule has 2 N–H and O–H groups in total. The molecule has 0 bridgehead atoms. The number of nitrogens with two attached hydrogens (primary N) is 1. The standard InChI is InChI=1S/C24H20F3N3O/c1-31-22(11-5-8-18(13-22)17-6-3-2-4-7-17)23(24(25,26)27)14-19-12-16(15-28)9-10-20(19)21(29)30-23/h2-12H,13-14H2,1H3,(H2,29,30). The minimum atomic E-state index is -4.77. The van der Waals surface area contributed by atoms with Crippen molar-refractivity contribution < 1.29 is 17.9 Å². The van der Waals surface area contributed by atoms with Crippen molar-refractivity contribution in [2.75, 3.05) is 7.11 Å². The Morgan fingerprint density at radius 1 is 1.13 bits per heavy atom. The molecular weight excluding hydrogens is 403 g/mol. The molecule has 4 rings (SSSR count). The van der Waals surface area contributed by atoms with E-state index in [-0.39, 0.29) is 17.8 Å². The van der Waals surface area contributed by atoms with Gasteiger partial charge < -0.3 is 10.5 Å². The van der Waals surface area contributed by atoms with Gasteiger partial charge in [-0.1, -0.05) is 42.5 Å². The zero-order valence-corrected chi connectivity index (χ0v) is 16.8. The molecule has 2 aliphatic rings. The third-order valence-electron chi connectivity index (χ3n) is 6.06. The van der Waals surface area contributed by atoms with Gasteiger partial charge in [0.05, 0.1) is 11.6 Å². The number of aliphatic imine (C=N–C) groups is 1.